The molecule has 5 nitrogen and oxygen atoms in total. The Balaban J connectivity index is 2.46. The van der Waals surface area contributed by atoms with Crippen molar-refractivity contribution in [3.05, 3.63) is 53.1 Å². The van der Waals surface area contributed by atoms with E-state index >= 15 is 0 Å². The van der Waals surface area contributed by atoms with E-state index in [9.17, 15) is 13.2 Å². The summed E-state index contributed by atoms with van der Waals surface area (Å²) < 4.78 is 32.3. The van der Waals surface area contributed by atoms with Crippen LogP contribution in [0.5, 0.6) is 0 Å². The molecule has 0 fully saturated rings. The maximum Gasteiger partial charge on any atom is 0.339 e. The van der Waals surface area contributed by atoms with Gasteiger partial charge in [-0.3, -0.25) is 4.31 Å². The van der Waals surface area contributed by atoms with Gasteiger partial charge in [0.15, 0.2) is 0 Å². The minimum Gasteiger partial charge on any atom is -0.462 e. The molecule has 0 atom stereocenters. The van der Waals surface area contributed by atoms with Crippen molar-refractivity contribution in [2.24, 2.45) is 0 Å². The third-order valence-electron chi connectivity index (χ3n) is 3.67. The van der Waals surface area contributed by atoms with Crippen LogP contribution in [0.3, 0.4) is 0 Å². The number of halogens is 1. The fourth-order valence-electron chi connectivity index (χ4n) is 2.40. The van der Waals surface area contributed by atoms with E-state index in [1.807, 2.05) is 6.26 Å². The third kappa shape index (κ3) is 4.34. The molecule has 26 heavy (non-hydrogen) atoms. The lowest BCUT2D eigenvalue weighted by molar-refractivity contribution is 0.0526. The first kappa shape index (κ1) is 20.6. The highest BCUT2D eigenvalue weighted by molar-refractivity contribution is 7.98. The summed E-state index contributed by atoms with van der Waals surface area (Å²) in [7, 11) is -3.77. The zero-order valence-corrected chi connectivity index (χ0v) is 17.1. The summed E-state index contributed by atoms with van der Waals surface area (Å²) in [5.41, 5.74) is 0.492. The lowest BCUT2D eigenvalue weighted by atomic mass is 10.2. The Hall–Kier alpha value is -1.70. The molecule has 0 saturated heterocycles. The molecule has 0 saturated carbocycles. The number of benzene rings is 2. The molecule has 2 aromatic carbocycles. The van der Waals surface area contributed by atoms with E-state index in [0.717, 1.165) is 4.90 Å². The van der Waals surface area contributed by atoms with Gasteiger partial charge < -0.3 is 4.74 Å². The van der Waals surface area contributed by atoms with Crippen LogP contribution in [0.1, 0.15) is 24.2 Å². The first-order valence-corrected chi connectivity index (χ1v) is 11.0. The number of carbonyl (C=O) groups excluding carboxylic acids is 1. The maximum atomic E-state index is 13.0. The minimum atomic E-state index is -3.77. The molecular weight excluding hydrogens is 394 g/mol. The molecule has 0 aliphatic heterocycles. The summed E-state index contributed by atoms with van der Waals surface area (Å²) in [6.07, 6.45) is 1.92. The molecule has 0 spiro atoms. The van der Waals surface area contributed by atoms with Crippen molar-refractivity contribution in [3.8, 4) is 0 Å². The summed E-state index contributed by atoms with van der Waals surface area (Å²) in [5, 5.41) is 0.213. The van der Waals surface area contributed by atoms with Crippen LogP contribution < -0.4 is 4.31 Å². The number of ether oxygens (including phenoxy) is 1. The standard InChI is InChI=1S/C18H20ClNO4S2/c1-4-20(26(22,23)15-9-7-14(25-3)8-10-15)13-6-11-17(19)16(12-13)18(21)24-5-2/h6-12H,4-5H2,1-3H3. The topological polar surface area (TPSA) is 63.7 Å². The van der Waals surface area contributed by atoms with Crippen LogP contribution in [0.2, 0.25) is 5.02 Å². The third-order valence-corrected chi connectivity index (χ3v) is 6.66. The molecular formula is C18H20ClNO4S2. The number of hydrogen-bond donors (Lipinski definition) is 0. The molecule has 0 unspecified atom stereocenters. The number of anilines is 1. The number of carbonyl (C=O) groups is 1. The normalized spacial score (nSPS) is 11.2. The second-order valence-corrected chi connectivity index (χ2v) is 8.38. The Morgan fingerprint density at radius 1 is 1.15 bits per heavy atom. The summed E-state index contributed by atoms with van der Waals surface area (Å²) in [4.78, 5) is 13.2. The predicted molar refractivity (Wildman–Crippen MR) is 106 cm³/mol. The monoisotopic (exact) mass is 413 g/mol. The van der Waals surface area contributed by atoms with Gasteiger partial charge in [-0.05, 0) is 62.6 Å². The molecule has 0 aliphatic rings. The fourth-order valence-corrected chi connectivity index (χ4v) is 4.47. The molecule has 0 aromatic heterocycles. The number of thioether (sulfide) groups is 1. The van der Waals surface area contributed by atoms with E-state index in [4.69, 9.17) is 16.3 Å². The van der Waals surface area contributed by atoms with Crippen LogP contribution in [-0.4, -0.2) is 33.8 Å². The van der Waals surface area contributed by atoms with Gasteiger partial charge in [-0.25, -0.2) is 13.2 Å². The largest absolute Gasteiger partial charge is 0.462 e. The Morgan fingerprint density at radius 3 is 2.35 bits per heavy atom. The fraction of sp³-hybridized carbons (Fsp3) is 0.278. The molecule has 0 bridgehead atoms. The smallest absolute Gasteiger partial charge is 0.339 e. The van der Waals surface area contributed by atoms with Crippen LogP contribution >= 0.6 is 23.4 Å². The summed E-state index contributed by atoms with van der Waals surface area (Å²) in [6.45, 7) is 3.83. The van der Waals surface area contributed by atoms with Gasteiger partial charge in [0.05, 0.1) is 27.8 Å². The van der Waals surface area contributed by atoms with E-state index in [1.54, 1.807) is 44.2 Å². The van der Waals surface area contributed by atoms with E-state index in [0.29, 0.717) is 5.69 Å². The molecule has 0 aliphatic carbocycles. The van der Waals surface area contributed by atoms with Crippen LogP contribution in [0.15, 0.2) is 52.3 Å². The van der Waals surface area contributed by atoms with Gasteiger partial charge in [0.25, 0.3) is 10.0 Å². The van der Waals surface area contributed by atoms with Gasteiger partial charge in [-0.2, -0.15) is 0 Å². The van der Waals surface area contributed by atoms with E-state index in [1.165, 1.54) is 28.2 Å². The lowest BCUT2D eigenvalue weighted by Crippen LogP contribution is -2.31. The lowest BCUT2D eigenvalue weighted by Gasteiger charge is -2.23. The van der Waals surface area contributed by atoms with Crippen LogP contribution in [0.4, 0.5) is 5.69 Å². The summed E-state index contributed by atoms with van der Waals surface area (Å²) >= 11 is 7.60. The average Bonchev–Trinajstić information content (AvgIpc) is 2.63. The van der Waals surface area contributed by atoms with Crippen molar-refractivity contribution in [2.45, 2.75) is 23.6 Å². The highest BCUT2D eigenvalue weighted by atomic mass is 35.5. The van der Waals surface area contributed by atoms with Crippen molar-refractivity contribution in [1.29, 1.82) is 0 Å². The van der Waals surface area contributed by atoms with Gasteiger partial charge in [0, 0.05) is 11.4 Å². The predicted octanol–water partition coefficient (Wildman–Crippen LogP) is 4.45. The maximum absolute atomic E-state index is 13.0. The van der Waals surface area contributed by atoms with E-state index in [2.05, 4.69) is 0 Å². The molecule has 140 valence electrons. The molecule has 0 heterocycles. The number of nitrogens with zero attached hydrogens (tertiary/aromatic N) is 1. The van der Waals surface area contributed by atoms with Crippen molar-refractivity contribution in [3.63, 3.8) is 0 Å². The Bertz CT molecular complexity index is 883. The highest BCUT2D eigenvalue weighted by Gasteiger charge is 2.25. The zero-order valence-electron chi connectivity index (χ0n) is 14.7. The zero-order chi connectivity index (χ0) is 19.3. The van der Waals surface area contributed by atoms with Gasteiger partial charge in [0.2, 0.25) is 0 Å². The number of esters is 1. The second kappa shape index (κ2) is 8.79. The summed E-state index contributed by atoms with van der Waals surface area (Å²) in [6, 6.07) is 11.2. The highest BCUT2D eigenvalue weighted by Crippen LogP contribution is 2.29. The Morgan fingerprint density at radius 2 is 1.81 bits per heavy atom. The number of hydrogen-bond acceptors (Lipinski definition) is 5. The van der Waals surface area contributed by atoms with Gasteiger partial charge in [0.1, 0.15) is 0 Å². The van der Waals surface area contributed by atoms with Crippen LogP contribution in [0, 0.1) is 0 Å². The molecule has 2 rings (SSSR count). The Labute approximate surface area is 163 Å². The molecule has 0 amide bonds. The van der Waals surface area contributed by atoms with Crippen molar-refractivity contribution >= 4 is 45.0 Å². The number of sulfonamides is 1. The van der Waals surface area contributed by atoms with Crippen LogP contribution in [0.25, 0.3) is 0 Å². The molecule has 8 heteroatoms. The van der Waals surface area contributed by atoms with E-state index in [-0.39, 0.29) is 28.6 Å². The second-order valence-electron chi connectivity index (χ2n) is 5.23. The van der Waals surface area contributed by atoms with Crippen LogP contribution in [-0.2, 0) is 14.8 Å². The van der Waals surface area contributed by atoms with Gasteiger partial charge in [-0.15, -0.1) is 11.8 Å². The first-order chi connectivity index (χ1) is 12.3. The number of rotatable bonds is 7. The first-order valence-electron chi connectivity index (χ1n) is 7.98. The van der Waals surface area contributed by atoms with Crippen molar-refractivity contribution in [1.82, 2.24) is 0 Å². The van der Waals surface area contributed by atoms with Crippen molar-refractivity contribution < 1.29 is 17.9 Å². The summed E-state index contributed by atoms with van der Waals surface area (Å²) in [5.74, 6) is -0.586. The SMILES string of the molecule is CCOC(=O)c1cc(N(CC)S(=O)(=O)c2ccc(SC)cc2)ccc1Cl. The molecule has 0 radical (unpaired) electrons. The van der Waals surface area contributed by atoms with Gasteiger partial charge >= 0.3 is 5.97 Å². The minimum absolute atomic E-state index is 0.136. The Kier molecular flexibility index (Phi) is 6.97. The van der Waals surface area contributed by atoms with Crippen molar-refractivity contribution in [2.75, 3.05) is 23.7 Å². The van der Waals surface area contributed by atoms with E-state index < -0.39 is 16.0 Å². The van der Waals surface area contributed by atoms with Gasteiger partial charge in [-0.1, -0.05) is 11.6 Å². The molecule has 0 N–H and O–H groups in total. The quantitative estimate of drug-likeness (QED) is 0.495. The average molecular weight is 414 g/mol. The molecule has 2 aromatic rings.